The summed E-state index contributed by atoms with van der Waals surface area (Å²) in [6, 6.07) is 7.07. The van der Waals surface area contributed by atoms with Gasteiger partial charge in [-0.3, -0.25) is 4.79 Å². The molecule has 1 saturated heterocycles. The van der Waals surface area contributed by atoms with Gasteiger partial charge in [-0.2, -0.15) is 0 Å². The Morgan fingerprint density at radius 1 is 1.43 bits per heavy atom. The maximum Gasteiger partial charge on any atom is 0.225 e. The third-order valence-electron chi connectivity index (χ3n) is 3.32. The first-order valence-electron chi connectivity index (χ1n) is 6.80. The van der Waals surface area contributed by atoms with E-state index in [2.05, 4.69) is 10.6 Å². The Bertz CT molecular complexity index is 601. The van der Waals surface area contributed by atoms with Gasteiger partial charge in [-0.05, 0) is 6.07 Å². The lowest BCUT2D eigenvalue weighted by Crippen LogP contribution is -2.46. The predicted octanol–water partition coefficient (Wildman–Crippen LogP) is 0.548. The van der Waals surface area contributed by atoms with Crippen LogP contribution >= 0.6 is 0 Å². The molecule has 0 saturated carbocycles. The van der Waals surface area contributed by atoms with Crippen LogP contribution in [0.15, 0.2) is 24.3 Å². The number of para-hydroxylation sites is 1. The van der Waals surface area contributed by atoms with E-state index >= 15 is 0 Å². The highest BCUT2D eigenvalue weighted by Crippen LogP contribution is 2.16. The van der Waals surface area contributed by atoms with E-state index in [0.29, 0.717) is 18.8 Å². The Kier molecular flexibility index (Phi) is 5.33. The third kappa shape index (κ3) is 4.80. The number of hydrogen-bond acceptors (Lipinski definition) is 5. The van der Waals surface area contributed by atoms with Gasteiger partial charge >= 0.3 is 0 Å². The van der Waals surface area contributed by atoms with E-state index in [-0.39, 0.29) is 29.9 Å². The van der Waals surface area contributed by atoms with Crippen molar-refractivity contribution in [1.29, 1.82) is 0 Å². The molecule has 0 aromatic heterocycles. The van der Waals surface area contributed by atoms with Gasteiger partial charge in [-0.15, -0.1) is 0 Å². The van der Waals surface area contributed by atoms with Gasteiger partial charge < -0.3 is 15.4 Å². The van der Waals surface area contributed by atoms with Crippen molar-refractivity contribution >= 4 is 21.4 Å². The molecule has 116 valence electrons. The number of nitrogens with one attached hydrogen (secondary N) is 2. The van der Waals surface area contributed by atoms with Crippen LogP contribution in [0.3, 0.4) is 0 Å². The number of ether oxygens (including phenoxy) is 1. The summed E-state index contributed by atoms with van der Waals surface area (Å²) in [4.78, 5) is 12.1. The molecule has 1 amide bonds. The first kappa shape index (κ1) is 15.9. The Morgan fingerprint density at radius 3 is 2.90 bits per heavy atom. The number of carbonyl (C=O) groups is 1. The third-order valence-corrected chi connectivity index (χ3v) is 5.06. The number of anilines is 1. The van der Waals surface area contributed by atoms with E-state index in [0.717, 1.165) is 5.56 Å². The van der Waals surface area contributed by atoms with Gasteiger partial charge in [-0.25, -0.2) is 8.42 Å². The first-order chi connectivity index (χ1) is 10.00. The molecule has 0 spiro atoms. The molecule has 2 rings (SSSR count). The summed E-state index contributed by atoms with van der Waals surface area (Å²) in [6.45, 7) is 0.813. The van der Waals surface area contributed by atoms with Crippen molar-refractivity contribution in [3.05, 3.63) is 29.8 Å². The number of benzene rings is 1. The average molecular weight is 312 g/mol. The highest BCUT2D eigenvalue weighted by Gasteiger charge is 2.26. The fourth-order valence-electron chi connectivity index (χ4n) is 2.35. The van der Waals surface area contributed by atoms with Crippen LogP contribution < -0.4 is 10.6 Å². The van der Waals surface area contributed by atoms with E-state index in [1.165, 1.54) is 0 Å². The standard InChI is InChI=1S/C14H20N2O4S/c1-20-9-11-4-2-3-5-13(11)16-14(17)8-12-10-21(18,19)7-6-15-12/h2-5,12,15H,6-10H2,1H3,(H,16,17). The molecular weight excluding hydrogens is 292 g/mol. The smallest absolute Gasteiger partial charge is 0.225 e. The van der Waals surface area contributed by atoms with Crippen molar-refractivity contribution in [3.8, 4) is 0 Å². The van der Waals surface area contributed by atoms with E-state index < -0.39 is 9.84 Å². The fraction of sp³-hybridized carbons (Fsp3) is 0.500. The molecule has 21 heavy (non-hydrogen) atoms. The van der Waals surface area contributed by atoms with Crippen LogP contribution in [0.5, 0.6) is 0 Å². The lowest BCUT2D eigenvalue weighted by Gasteiger charge is -2.23. The van der Waals surface area contributed by atoms with Crippen molar-refractivity contribution in [1.82, 2.24) is 5.32 Å². The van der Waals surface area contributed by atoms with E-state index in [4.69, 9.17) is 4.74 Å². The second-order valence-electron chi connectivity index (χ2n) is 5.11. The summed E-state index contributed by atoms with van der Waals surface area (Å²) in [7, 11) is -1.44. The van der Waals surface area contributed by atoms with Crippen molar-refractivity contribution in [2.45, 2.75) is 19.1 Å². The molecule has 1 aliphatic heterocycles. The number of carbonyl (C=O) groups excluding carboxylic acids is 1. The van der Waals surface area contributed by atoms with Crippen LogP contribution in [-0.4, -0.2) is 45.5 Å². The van der Waals surface area contributed by atoms with Gasteiger partial charge in [0.05, 0.1) is 18.1 Å². The average Bonchev–Trinajstić information content (AvgIpc) is 2.40. The topological polar surface area (TPSA) is 84.5 Å². The molecular formula is C14H20N2O4S. The molecule has 1 aliphatic rings. The molecule has 1 unspecified atom stereocenters. The van der Waals surface area contributed by atoms with Gasteiger partial charge in [-0.1, -0.05) is 18.2 Å². The van der Waals surface area contributed by atoms with E-state index in [1.807, 2.05) is 18.2 Å². The summed E-state index contributed by atoms with van der Waals surface area (Å²) in [6.07, 6.45) is 0.139. The summed E-state index contributed by atoms with van der Waals surface area (Å²) in [5.41, 5.74) is 1.58. The van der Waals surface area contributed by atoms with Crippen LogP contribution in [0.4, 0.5) is 5.69 Å². The minimum atomic E-state index is -3.03. The van der Waals surface area contributed by atoms with E-state index in [9.17, 15) is 13.2 Å². The van der Waals surface area contributed by atoms with Gasteiger partial charge in [0.1, 0.15) is 0 Å². The normalized spacial score (nSPS) is 20.9. The molecule has 0 radical (unpaired) electrons. The van der Waals surface area contributed by atoms with Crippen molar-refractivity contribution in [3.63, 3.8) is 0 Å². The zero-order valence-electron chi connectivity index (χ0n) is 12.0. The van der Waals surface area contributed by atoms with Crippen molar-refractivity contribution < 1.29 is 17.9 Å². The van der Waals surface area contributed by atoms with Crippen molar-refractivity contribution in [2.24, 2.45) is 0 Å². The molecule has 1 atom stereocenters. The summed E-state index contributed by atoms with van der Waals surface area (Å²) in [5.74, 6) is -0.0461. The van der Waals surface area contributed by atoms with Crippen LogP contribution in [0.1, 0.15) is 12.0 Å². The SMILES string of the molecule is COCc1ccccc1NC(=O)CC1CS(=O)(=O)CCN1. The zero-order chi connectivity index (χ0) is 15.3. The van der Waals surface area contributed by atoms with Crippen LogP contribution in [0.25, 0.3) is 0 Å². The van der Waals surface area contributed by atoms with Crippen LogP contribution in [-0.2, 0) is 26.0 Å². The minimum Gasteiger partial charge on any atom is -0.380 e. The molecule has 0 bridgehead atoms. The van der Waals surface area contributed by atoms with Gasteiger partial charge in [0, 0.05) is 37.4 Å². The summed E-state index contributed by atoms with van der Waals surface area (Å²) in [5, 5.41) is 5.88. The Hall–Kier alpha value is -1.44. The van der Waals surface area contributed by atoms with Crippen molar-refractivity contribution in [2.75, 3.05) is 30.5 Å². The monoisotopic (exact) mass is 312 g/mol. The lowest BCUT2D eigenvalue weighted by molar-refractivity contribution is -0.116. The van der Waals surface area contributed by atoms with Gasteiger partial charge in [0.25, 0.3) is 0 Å². The first-order valence-corrected chi connectivity index (χ1v) is 8.63. The largest absolute Gasteiger partial charge is 0.380 e. The zero-order valence-corrected chi connectivity index (χ0v) is 12.8. The van der Waals surface area contributed by atoms with Gasteiger partial charge in [0.2, 0.25) is 5.91 Å². The quantitative estimate of drug-likeness (QED) is 0.829. The fourth-order valence-corrected chi connectivity index (χ4v) is 3.79. The Balaban J connectivity index is 1.96. The Labute approximate surface area is 124 Å². The predicted molar refractivity (Wildman–Crippen MR) is 80.8 cm³/mol. The molecule has 0 aliphatic carbocycles. The number of methoxy groups -OCH3 is 1. The molecule has 7 heteroatoms. The number of hydrogen-bond donors (Lipinski definition) is 2. The second kappa shape index (κ2) is 7.02. The molecule has 1 fully saturated rings. The maximum absolute atomic E-state index is 12.1. The maximum atomic E-state index is 12.1. The summed E-state index contributed by atoms with van der Waals surface area (Å²) < 4.78 is 28.2. The van der Waals surface area contributed by atoms with Crippen LogP contribution in [0, 0.1) is 0 Å². The minimum absolute atomic E-state index is 0.0140. The van der Waals surface area contributed by atoms with E-state index in [1.54, 1.807) is 13.2 Å². The molecule has 1 heterocycles. The molecule has 1 aromatic carbocycles. The highest BCUT2D eigenvalue weighted by molar-refractivity contribution is 7.91. The highest BCUT2D eigenvalue weighted by atomic mass is 32.2. The molecule has 2 N–H and O–H groups in total. The molecule has 6 nitrogen and oxygen atoms in total. The number of rotatable bonds is 5. The summed E-state index contributed by atoms with van der Waals surface area (Å²) >= 11 is 0. The number of sulfone groups is 1. The lowest BCUT2D eigenvalue weighted by atomic mass is 10.1. The van der Waals surface area contributed by atoms with Crippen LogP contribution in [0.2, 0.25) is 0 Å². The molecule has 1 aromatic rings. The van der Waals surface area contributed by atoms with Gasteiger partial charge in [0.15, 0.2) is 9.84 Å². The number of amides is 1. The Morgan fingerprint density at radius 2 is 2.19 bits per heavy atom. The second-order valence-corrected chi connectivity index (χ2v) is 7.34.